The number of esters is 1. The highest BCUT2D eigenvalue weighted by Gasteiger charge is 2.32. The van der Waals surface area contributed by atoms with E-state index >= 15 is 0 Å². The summed E-state index contributed by atoms with van der Waals surface area (Å²) < 4.78 is 42.1. The quantitative estimate of drug-likeness (QED) is 0.660. The first kappa shape index (κ1) is 17.2. The fourth-order valence-corrected chi connectivity index (χ4v) is 1.96. The van der Waals surface area contributed by atoms with Crippen LogP contribution in [0.1, 0.15) is 33.1 Å². The molecule has 1 N–H and O–H groups in total. The number of hydrogen-bond acceptors (Lipinski definition) is 4. The highest BCUT2D eigenvalue weighted by Crippen LogP contribution is 2.21. The fraction of sp³-hybridized carbons (Fsp3) is 0.923. The van der Waals surface area contributed by atoms with Crippen LogP contribution in [0.2, 0.25) is 0 Å². The standard InChI is InChI=1S/C13H23F3N2O2/c1-3-18(9-13(14,15)16)8-7-11(12(19)20-4-2)17-10-5-6-10/h10-11,17H,3-9H2,1-2H3. The molecule has 0 aromatic heterocycles. The van der Waals surface area contributed by atoms with Crippen molar-refractivity contribution < 1.29 is 22.7 Å². The van der Waals surface area contributed by atoms with E-state index < -0.39 is 18.8 Å². The molecule has 1 fully saturated rings. The Morgan fingerprint density at radius 1 is 1.40 bits per heavy atom. The second kappa shape index (κ2) is 7.83. The number of halogens is 3. The summed E-state index contributed by atoms with van der Waals surface area (Å²) in [5.41, 5.74) is 0. The van der Waals surface area contributed by atoms with Gasteiger partial charge in [-0.2, -0.15) is 13.2 Å². The number of carbonyl (C=O) groups excluding carboxylic acids is 1. The van der Waals surface area contributed by atoms with E-state index in [2.05, 4.69) is 5.32 Å². The van der Waals surface area contributed by atoms with Gasteiger partial charge in [0.1, 0.15) is 6.04 Å². The molecule has 0 aromatic carbocycles. The normalized spacial score (nSPS) is 17.3. The van der Waals surface area contributed by atoms with Crippen LogP contribution in [-0.4, -0.2) is 55.4 Å². The van der Waals surface area contributed by atoms with E-state index in [9.17, 15) is 18.0 Å². The highest BCUT2D eigenvalue weighted by molar-refractivity contribution is 5.75. The maximum Gasteiger partial charge on any atom is 0.401 e. The van der Waals surface area contributed by atoms with E-state index in [1.807, 2.05) is 0 Å². The lowest BCUT2D eigenvalue weighted by Crippen LogP contribution is -2.43. The molecule has 0 heterocycles. The summed E-state index contributed by atoms with van der Waals surface area (Å²) >= 11 is 0. The lowest BCUT2D eigenvalue weighted by molar-refractivity contribution is -0.148. The van der Waals surface area contributed by atoms with E-state index in [-0.39, 0.29) is 19.1 Å². The molecule has 0 aromatic rings. The van der Waals surface area contributed by atoms with Gasteiger partial charge in [-0.05, 0) is 32.7 Å². The second-order valence-electron chi connectivity index (χ2n) is 5.02. The van der Waals surface area contributed by atoms with E-state index in [0.29, 0.717) is 19.0 Å². The summed E-state index contributed by atoms with van der Waals surface area (Å²) in [6.45, 7) is 3.26. The van der Waals surface area contributed by atoms with Crippen LogP contribution in [0, 0.1) is 0 Å². The molecule has 1 atom stereocenters. The highest BCUT2D eigenvalue weighted by atomic mass is 19.4. The predicted molar refractivity (Wildman–Crippen MR) is 69.4 cm³/mol. The third-order valence-electron chi connectivity index (χ3n) is 3.17. The summed E-state index contributed by atoms with van der Waals surface area (Å²) in [6, 6.07) is -0.202. The molecule has 0 amide bonds. The van der Waals surface area contributed by atoms with Crippen molar-refractivity contribution in [3.63, 3.8) is 0 Å². The minimum atomic E-state index is -4.21. The Balaban J connectivity index is 2.44. The molecule has 1 saturated carbocycles. The van der Waals surface area contributed by atoms with Crippen molar-refractivity contribution in [1.82, 2.24) is 10.2 Å². The van der Waals surface area contributed by atoms with E-state index in [1.54, 1.807) is 13.8 Å². The summed E-state index contributed by atoms with van der Waals surface area (Å²) in [7, 11) is 0. The lowest BCUT2D eigenvalue weighted by Gasteiger charge is -2.24. The van der Waals surface area contributed by atoms with Crippen LogP contribution < -0.4 is 5.32 Å². The fourth-order valence-electron chi connectivity index (χ4n) is 1.96. The molecular weight excluding hydrogens is 273 g/mol. The van der Waals surface area contributed by atoms with E-state index in [1.165, 1.54) is 4.90 Å². The molecule has 20 heavy (non-hydrogen) atoms. The van der Waals surface area contributed by atoms with Gasteiger partial charge in [0, 0.05) is 12.6 Å². The Labute approximate surface area is 117 Å². The number of alkyl halides is 3. The Morgan fingerprint density at radius 3 is 2.50 bits per heavy atom. The summed E-state index contributed by atoms with van der Waals surface area (Å²) in [4.78, 5) is 13.1. The van der Waals surface area contributed by atoms with Crippen LogP contribution in [0.4, 0.5) is 13.2 Å². The molecular formula is C13H23F3N2O2. The Kier molecular flexibility index (Phi) is 6.75. The SMILES string of the molecule is CCOC(=O)C(CCN(CC)CC(F)(F)F)NC1CC1. The van der Waals surface area contributed by atoms with Crippen molar-refractivity contribution in [1.29, 1.82) is 0 Å². The minimum absolute atomic E-state index is 0.221. The minimum Gasteiger partial charge on any atom is -0.465 e. The molecule has 0 bridgehead atoms. The number of ether oxygens (including phenoxy) is 1. The van der Waals surface area contributed by atoms with Crippen molar-refractivity contribution in [2.45, 2.75) is 51.4 Å². The van der Waals surface area contributed by atoms with Gasteiger partial charge in [-0.3, -0.25) is 9.69 Å². The van der Waals surface area contributed by atoms with Crippen LogP contribution in [0.5, 0.6) is 0 Å². The second-order valence-corrected chi connectivity index (χ2v) is 5.02. The average molecular weight is 296 g/mol. The zero-order valence-corrected chi connectivity index (χ0v) is 12.0. The zero-order chi connectivity index (χ0) is 15.2. The van der Waals surface area contributed by atoms with Gasteiger partial charge >= 0.3 is 12.1 Å². The molecule has 7 heteroatoms. The Bertz CT molecular complexity index is 306. The van der Waals surface area contributed by atoms with Gasteiger partial charge in [-0.15, -0.1) is 0 Å². The van der Waals surface area contributed by atoms with Gasteiger partial charge in [0.25, 0.3) is 0 Å². The average Bonchev–Trinajstić information content (AvgIpc) is 3.15. The van der Waals surface area contributed by atoms with Crippen LogP contribution in [0.25, 0.3) is 0 Å². The summed E-state index contributed by atoms with van der Waals surface area (Å²) in [6.07, 6.45) is -1.86. The lowest BCUT2D eigenvalue weighted by atomic mass is 10.2. The maximum absolute atomic E-state index is 12.4. The summed E-state index contributed by atoms with van der Waals surface area (Å²) in [5.74, 6) is -0.373. The zero-order valence-electron chi connectivity index (χ0n) is 12.0. The van der Waals surface area contributed by atoms with E-state index in [0.717, 1.165) is 12.8 Å². The smallest absolute Gasteiger partial charge is 0.401 e. The molecule has 0 saturated heterocycles. The number of nitrogens with one attached hydrogen (secondary N) is 1. The van der Waals surface area contributed by atoms with Crippen LogP contribution >= 0.6 is 0 Å². The molecule has 0 spiro atoms. The maximum atomic E-state index is 12.4. The van der Waals surface area contributed by atoms with E-state index in [4.69, 9.17) is 4.74 Å². The molecule has 1 rings (SSSR count). The molecule has 1 aliphatic carbocycles. The summed E-state index contributed by atoms with van der Waals surface area (Å²) in [5, 5.41) is 3.14. The van der Waals surface area contributed by atoms with Crippen molar-refractivity contribution in [2.75, 3.05) is 26.2 Å². The topological polar surface area (TPSA) is 41.6 Å². The number of rotatable bonds is 9. The van der Waals surface area contributed by atoms with Crippen LogP contribution in [0.15, 0.2) is 0 Å². The third kappa shape index (κ3) is 7.09. The molecule has 1 aliphatic rings. The van der Waals surface area contributed by atoms with Crippen molar-refractivity contribution in [3.05, 3.63) is 0 Å². The van der Waals surface area contributed by atoms with Gasteiger partial charge in [0.2, 0.25) is 0 Å². The monoisotopic (exact) mass is 296 g/mol. The molecule has 0 aliphatic heterocycles. The largest absolute Gasteiger partial charge is 0.465 e. The Hall–Kier alpha value is -0.820. The Morgan fingerprint density at radius 2 is 2.05 bits per heavy atom. The molecule has 4 nitrogen and oxygen atoms in total. The molecule has 118 valence electrons. The van der Waals surface area contributed by atoms with Crippen molar-refractivity contribution in [3.8, 4) is 0 Å². The molecule has 0 radical (unpaired) electrons. The van der Waals surface area contributed by atoms with Gasteiger partial charge < -0.3 is 10.1 Å². The number of nitrogens with zero attached hydrogens (tertiary/aromatic N) is 1. The van der Waals surface area contributed by atoms with Crippen LogP contribution in [0.3, 0.4) is 0 Å². The predicted octanol–water partition coefficient (Wildman–Crippen LogP) is 1.94. The van der Waals surface area contributed by atoms with Crippen molar-refractivity contribution in [2.24, 2.45) is 0 Å². The van der Waals surface area contributed by atoms with Crippen molar-refractivity contribution >= 4 is 5.97 Å². The number of carbonyl (C=O) groups is 1. The van der Waals surface area contributed by atoms with Crippen LogP contribution in [-0.2, 0) is 9.53 Å². The van der Waals surface area contributed by atoms with Gasteiger partial charge in [-0.1, -0.05) is 6.92 Å². The molecule has 1 unspecified atom stereocenters. The number of hydrogen-bond donors (Lipinski definition) is 1. The van der Waals surface area contributed by atoms with Gasteiger partial charge in [0.15, 0.2) is 0 Å². The first-order chi connectivity index (χ1) is 9.35. The third-order valence-corrected chi connectivity index (χ3v) is 3.17. The first-order valence-electron chi connectivity index (χ1n) is 7.07. The van der Waals surface area contributed by atoms with Gasteiger partial charge in [-0.25, -0.2) is 0 Å². The van der Waals surface area contributed by atoms with Gasteiger partial charge in [0.05, 0.1) is 13.2 Å². The first-order valence-corrected chi connectivity index (χ1v) is 7.07.